The van der Waals surface area contributed by atoms with Crippen LogP contribution in [0.2, 0.25) is 0 Å². The number of hydroxylamine groups is 2. The van der Waals surface area contributed by atoms with Gasteiger partial charge in [-0.1, -0.05) is 51.1 Å². The summed E-state index contributed by atoms with van der Waals surface area (Å²) in [4.78, 5) is 17.7. The summed E-state index contributed by atoms with van der Waals surface area (Å²) in [5.41, 5.74) is 1.02. The SMILES string of the molecule is CC1CON(C(=O)OCc2ccccc2)CC(C)(C)C1. The predicted octanol–water partition coefficient (Wildman–Crippen LogP) is 3.62. The Bertz CT molecular complexity index is 444. The zero-order valence-electron chi connectivity index (χ0n) is 12.5. The molecule has 1 aliphatic rings. The Hall–Kier alpha value is -1.55. The molecule has 1 aromatic carbocycles. The fourth-order valence-corrected chi connectivity index (χ4v) is 2.63. The number of amides is 1. The average molecular weight is 277 g/mol. The molecular formula is C16H23NO3. The van der Waals surface area contributed by atoms with E-state index in [4.69, 9.17) is 9.57 Å². The molecule has 0 spiro atoms. The fourth-order valence-electron chi connectivity index (χ4n) is 2.63. The van der Waals surface area contributed by atoms with Crippen molar-refractivity contribution in [1.29, 1.82) is 0 Å². The number of carbonyl (C=O) groups excluding carboxylic acids is 1. The quantitative estimate of drug-likeness (QED) is 0.828. The van der Waals surface area contributed by atoms with Crippen molar-refractivity contribution < 1.29 is 14.4 Å². The normalized spacial score (nSPS) is 22.1. The van der Waals surface area contributed by atoms with Crippen LogP contribution < -0.4 is 0 Å². The summed E-state index contributed by atoms with van der Waals surface area (Å²) in [7, 11) is 0. The summed E-state index contributed by atoms with van der Waals surface area (Å²) in [6.07, 6.45) is 0.631. The largest absolute Gasteiger partial charge is 0.443 e. The molecule has 0 N–H and O–H groups in total. The van der Waals surface area contributed by atoms with Gasteiger partial charge in [-0.15, -0.1) is 0 Å². The molecule has 110 valence electrons. The van der Waals surface area contributed by atoms with Gasteiger partial charge in [-0.2, -0.15) is 5.06 Å². The van der Waals surface area contributed by atoms with Crippen LogP contribution in [0.3, 0.4) is 0 Å². The third-order valence-corrected chi connectivity index (χ3v) is 3.40. The standard InChI is InChI=1S/C16H23NO3/c1-13-9-16(2,3)12-17(20-10-13)15(18)19-11-14-7-5-4-6-8-14/h4-8,13H,9-12H2,1-3H3. The molecule has 1 unspecified atom stereocenters. The van der Waals surface area contributed by atoms with Crippen molar-refractivity contribution in [3.8, 4) is 0 Å². The molecule has 0 radical (unpaired) electrons. The van der Waals surface area contributed by atoms with Gasteiger partial charge in [-0.3, -0.25) is 4.84 Å². The Balaban J connectivity index is 1.91. The van der Waals surface area contributed by atoms with E-state index in [-0.39, 0.29) is 12.0 Å². The summed E-state index contributed by atoms with van der Waals surface area (Å²) < 4.78 is 5.31. The summed E-state index contributed by atoms with van der Waals surface area (Å²) in [5, 5.41) is 1.37. The van der Waals surface area contributed by atoms with E-state index in [2.05, 4.69) is 20.8 Å². The Morgan fingerprint density at radius 3 is 2.80 bits per heavy atom. The second kappa shape index (κ2) is 6.27. The van der Waals surface area contributed by atoms with Crippen LogP contribution in [0.4, 0.5) is 4.79 Å². The highest BCUT2D eigenvalue weighted by Gasteiger charge is 2.32. The maximum Gasteiger partial charge on any atom is 0.434 e. The second-order valence-electron chi connectivity index (χ2n) is 6.35. The first kappa shape index (κ1) is 14.9. The van der Waals surface area contributed by atoms with Gasteiger partial charge in [-0.05, 0) is 23.3 Å². The Morgan fingerprint density at radius 2 is 2.10 bits per heavy atom. The molecule has 4 nitrogen and oxygen atoms in total. The first-order valence-corrected chi connectivity index (χ1v) is 7.07. The van der Waals surface area contributed by atoms with Crippen molar-refractivity contribution in [3.63, 3.8) is 0 Å². The molecule has 1 aliphatic heterocycles. The number of benzene rings is 1. The van der Waals surface area contributed by atoms with Crippen LogP contribution in [0.1, 0.15) is 32.8 Å². The monoisotopic (exact) mass is 277 g/mol. The molecule has 1 saturated heterocycles. The van der Waals surface area contributed by atoms with Gasteiger partial charge in [0.05, 0.1) is 13.2 Å². The molecule has 2 rings (SSSR count). The molecule has 0 aromatic heterocycles. The van der Waals surface area contributed by atoms with E-state index in [0.717, 1.165) is 12.0 Å². The highest BCUT2D eigenvalue weighted by Crippen LogP contribution is 2.30. The third-order valence-electron chi connectivity index (χ3n) is 3.40. The topological polar surface area (TPSA) is 38.8 Å². The van der Waals surface area contributed by atoms with E-state index in [1.165, 1.54) is 5.06 Å². The average Bonchev–Trinajstić information content (AvgIpc) is 2.54. The highest BCUT2D eigenvalue weighted by atomic mass is 16.7. The zero-order valence-corrected chi connectivity index (χ0v) is 12.5. The molecule has 0 saturated carbocycles. The van der Waals surface area contributed by atoms with Crippen molar-refractivity contribution in [2.75, 3.05) is 13.2 Å². The lowest BCUT2D eigenvalue weighted by Crippen LogP contribution is -2.37. The minimum Gasteiger partial charge on any atom is -0.443 e. The Morgan fingerprint density at radius 1 is 1.40 bits per heavy atom. The smallest absolute Gasteiger partial charge is 0.434 e. The van der Waals surface area contributed by atoms with Crippen LogP contribution in [-0.4, -0.2) is 24.3 Å². The number of rotatable bonds is 2. The van der Waals surface area contributed by atoms with E-state index in [0.29, 0.717) is 19.1 Å². The van der Waals surface area contributed by atoms with Gasteiger partial charge in [0, 0.05) is 0 Å². The lowest BCUT2D eigenvalue weighted by Gasteiger charge is -2.27. The minimum atomic E-state index is -0.406. The number of hydrogen-bond acceptors (Lipinski definition) is 3. The van der Waals surface area contributed by atoms with Gasteiger partial charge in [-0.25, -0.2) is 4.79 Å². The lowest BCUT2D eigenvalue weighted by atomic mass is 9.84. The van der Waals surface area contributed by atoms with E-state index in [1.807, 2.05) is 30.3 Å². The number of nitrogens with zero attached hydrogens (tertiary/aromatic N) is 1. The molecule has 4 heteroatoms. The van der Waals surface area contributed by atoms with Crippen molar-refractivity contribution in [1.82, 2.24) is 5.06 Å². The van der Waals surface area contributed by atoms with Crippen molar-refractivity contribution in [3.05, 3.63) is 35.9 Å². The highest BCUT2D eigenvalue weighted by molar-refractivity contribution is 5.66. The van der Waals surface area contributed by atoms with Crippen LogP contribution in [0.5, 0.6) is 0 Å². The van der Waals surface area contributed by atoms with Gasteiger partial charge >= 0.3 is 6.09 Å². The first-order chi connectivity index (χ1) is 9.46. The number of hydrogen-bond donors (Lipinski definition) is 0. The molecule has 0 aliphatic carbocycles. The van der Waals surface area contributed by atoms with E-state index in [1.54, 1.807) is 0 Å². The minimum absolute atomic E-state index is 0.0433. The molecular weight excluding hydrogens is 254 g/mol. The van der Waals surface area contributed by atoms with Crippen molar-refractivity contribution in [2.45, 2.75) is 33.8 Å². The van der Waals surface area contributed by atoms with Gasteiger partial charge in [0.2, 0.25) is 0 Å². The van der Waals surface area contributed by atoms with Crippen molar-refractivity contribution >= 4 is 6.09 Å². The molecule has 1 fully saturated rings. The zero-order chi connectivity index (χ0) is 14.6. The maximum atomic E-state index is 12.1. The van der Waals surface area contributed by atoms with E-state index < -0.39 is 6.09 Å². The van der Waals surface area contributed by atoms with Gasteiger partial charge in [0.1, 0.15) is 6.61 Å². The molecule has 1 atom stereocenters. The van der Waals surface area contributed by atoms with Crippen LogP contribution in [-0.2, 0) is 16.2 Å². The van der Waals surface area contributed by atoms with Gasteiger partial charge in [0.15, 0.2) is 0 Å². The summed E-state index contributed by atoms with van der Waals surface area (Å²) >= 11 is 0. The van der Waals surface area contributed by atoms with Crippen LogP contribution >= 0.6 is 0 Å². The molecule has 0 bridgehead atoms. The van der Waals surface area contributed by atoms with Crippen molar-refractivity contribution in [2.24, 2.45) is 11.3 Å². The van der Waals surface area contributed by atoms with E-state index in [9.17, 15) is 4.79 Å². The molecule has 1 aromatic rings. The van der Waals surface area contributed by atoms with Crippen LogP contribution in [0.15, 0.2) is 30.3 Å². The van der Waals surface area contributed by atoms with E-state index >= 15 is 0 Å². The number of carbonyl (C=O) groups is 1. The Kier molecular flexibility index (Phi) is 4.65. The number of ether oxygens (including phenoxy) is 1. The van der Waals surface area contributed by atoms with Crippen LogP contribution in [0, 0.1) is 11.3 Å². The Labute approximate surface area is 120 Å². The maximum absolute atomic E-state index is 12.1. The second-order valence-corrected chi connectivity index (χ2v) is 6.35. The van der Waals surface area contributed by atoms with Crippen LogP contribution in [0.25, 0.3) is 0 Å². The summed E-state index contributed by atoms with van der Waals surface area (Å²) in [6, 6.07) is 9.66. The summed E-state index contributed by atoms with van der Waals surface area (Å²) in [5.74, 6) is 0.442. The summed E-state index contributed by atoms with van der Waals surface area (Å²) in [6.45, 7) is 7.83. The fraction of sp³-hybridized carbons (Fsp3) is 0.562. The third kappa shape index (κ3) is 4.23. The lowest BCUT2D eigenvalue weighted by molar-refractivity contribution is -0.143. The van der Waals surface area contributed by atoms with Gasteiger partial charge in [0.25, 0.3) is 0 Å². The first-order valence-electron chi connectivity index (χ1n) is 7.07. The van der Waals surface area contributed by atoms with Gasteiger partial charge < -0.3 is 4.74 Å². The molecule has 1 amide bonds. The molecule has 1 heterocycles. The molecule has 20 heavy (non-hydrogen) atoms. The predicted molar refractivity (Wildman–Crippen MR) is 76.8 cm³/mol.